The van der Waals surface area contributed by atoms with Crippen LogP contribution in [0.15, 0.2) is 30.3 Å². The van der Waals surface area contributed by atoms with Gasteiger partial charge in [0.05, 0.1) is 0 Å². The third-order valence-electron chi connectivity index (χ3n) is 4.54. The quantitative estimate of drug-likeness (QED) is 0.860. The van der Waals surface area contributed by atoms with Crippen molar-refractivity contribution in [3.63, 3.8) is 0 Å². The number of carbonyl (C=O) groups excluding carboxylic acids is 1. The number of nitrogens with one attached hydrogen (secondary N) is 2. The van der Waals surface area contributed by atoms with Crippen molar-refractivity contribution < 1.29 is 4.79 Å². The normalized spacial score (nSPS) is 30.3. The lowest BCUT2D eigenvalue weighted by Crippen LogP contribution is -2.50. The van der Waals surface area contributed by atoms with E-state index in [1.807, 2.05) is 35.2 Å². The third-order valence-corrected chi connectivity index (χ3v) is 4.54. The van der Waals surface area contributed by atoms with Gasteiger partial charge in [0.1, 0.15) is 11.4 Å². The van der Waals surface area contributed by atoms with E-state index in [9.17, 15) is 4.79 Å². The largest absolute Gasteiger partial charge is 0.324 e. The monoisotopic (exact) mass is 272 g/mol. The van der Waals surface area contributed by atoms with Crippen LogP contribution in [-0.2, 0) is 6.54 Å². The van der Waals surface area contributed by atoms with E-state index in [1.54, 1.807) is 0 Å². The highest BCUT2D eigenvalue weighted by Gasteiger charge is 2.55. The Morgan fingerprint density at radius 1 is 1.40 bits per heavy atom. The summed E-state index contributed by atoms with van der Waals surface area (Å²) in [6.07, 6.45) is 0.813. The third kappa shape index (κ3) is 1.89. The van der Waals surface area contributed by atoms with Crippen LogP contribution in [-0.4, -0.2) is 46.8 Å². The van der Waals surface area contributed by atoms with Crippen molar-refractivity contribution in [1.82, 2.24) is 15.1 Å². The Hall–Kier alpha value is -1.88. The van der Waals surface area contributed by atoms with Gasteiger partial charge in [-0.05, 0) is 26.0 Å². The second kappa shape index (κ2) is 4.59. The molecule has 0 radical (unpaired) electrons. The summed E-state index contributed by atoms with van der Waals surface area (Å²) < 4.78 is 0. The first-order chi connectivity index (χ1) is 9.53. The van der Waals surface area contributed by atoms with E-state index in [0.29, 0.717) is 18.4 Å². The SMILES string of the molecule is CC1CC2(CN1C)C(=N)NC(=O)N2Cc1ccccc1. The van der Waals surface area contributed by atoms with Crippen molar-refractivity contribution in [1.29, 1.82) is 5.41 Å². The van der Waals surface area contributed by atoms with E-state index >= 15 is 0 Å². The van der Waals surface area contributed by atoms with Gasteiger partial charge in [-0.1, -0.05) is 30.3 Å². The molecule has 2 atom stereocenters. The Bertz CT molecular complexity index is 532. The van der Waals surface area contributed by atoms with Crippen LogP contribution in [0.2, 0.25) is 0 Å². The van der Waals surface area contributed by atoms with Gasteiger partial charge in [0.15, 0.2) is 0 Å². The minimum absolute atomic E-state index is 0.152. The van der Waals surface area contributed by atoms with Crippen LogP contribution in [0.1, 0.15) is 18.9 Å². The molecule has 0 aliphatic carbocycles. The van der Waals surface area contributed by atoms with Gasteiger partial charge in [-0.15, -0.1) is 0 Å². The van der Waals surface area contributed by atoms with Gasteiger partial charge in [-0.2, -0.15) is 0 Å². The maximum Gasteiger partial charge on any atom is 0.324 e. The van der Waals surface area contributed by atoms with Crippen LogP contribution in [0.3, 0.4) is 0 Å². The van der Waals surface area contributed by atoms with Crippen molar-refractivity contribution in [3.8, 4) is 0 Å². The van der Waals surface area contributed by atoms with Gasteiger partial charge in [-0.25, -0.2) is 4.79 Å². The summed E-state index contributed by atoms with van der Waals surface area (Å²) in [7, 11) is 2.05. The fraction of sp³-hybridized carbons (Fsp3) is 0.467. The molecule has 5 heteroatoms. The highest BCUT2D eigenvalue weighted by molar-refractivity contribution is 6.08. The van der Waals surface area contributed by atoms with Gasteiger partial charge >= 0.3 is 6.03 Å². The van der Waals surface area contributed by atoms with E-state index in [4.69, 9.17) is 5.41 Å². The zero-order valence-corrected chi connectivity index (χ0v) is 11.9. The number of hydrogen-bond acceptors (Lipinski definition) is 3. The molecule has 0 aromatic heterocycles. The standard InChI is InChI=1S/C15H20N4O/c1-11-8-15(10-18(11)2)13(16)17-14(20)19(15)9-12-6-4-3-5-7-12/h3-7,11H,8-10H2,1-2H3,(H2,16,17,20). The molecule has 1 aromatic rings. The topological polar surface area (TPSA) is 59.4 Å². The number of amides is 2. The maximum atomic E-state index is 12.2. The Kier molecular flexibility index (Phi) is 3.01. The van der Waals surface area contributed by atoms with Crippen LogP contribution >= 0.6 is 0 Å². The molecule has 0 bridgehead atoms. The highest BCUT2D eigenvalue weighted by Crippen LogP contribution is 2.36. The fourth-order valence-corrected chi connectivity index (χ4v) is 3.26. The smallest absolute Gasteiger partial charge is 0.306 e. The Labute approximate surface area is 119 Å². The summed E-state index contributed by atoms with van der Waals surface area (Å²) in [6.45, 7) is 3.42. The summed E-state index contributed by atoms with van der Waals surface area (Å²) >= 11 is 0. The molecule has 2 unspecified atom stereocenters. The zero-order chi connectivity index (χ0) is 14.3. The van der Waals surface area contributed by atoms with Gasteiger partial charge in [0, 0.05) is 19.1 Å². The van der Waals surface area contributed by atoms with E-state index < -0.39 is 5.54 Å². The summed E-state index contributed by atoms with van der Waals surface area (Å²) in [6, 6.07) is 10.2. The average molecular weight is 272 g/mol. The van der Waals surface area contributed by atoms with Crippen LogP contribution in [0.4, 0.5) is 4.79 Å². The van der Waals surface area contributed by atoms with Gasteiger partial charge in [0.25, 0.3) is 0 Å². The molecule has 2 heterocycles. The number of hydrogen-bond donors (Lipinski definition) is 2. The number of benzene rings is 1. The molecule has 106 valence electrons. The molecule has 2 N–H and O–H groups in total. The first-order valence-electron chi connectivity index (χ1n) is 6.95. The van der Waals surface area contributed by atoms with Crippen molar-refractivity contribution in [2.45, 2.75) is 31.5 Å². The summed E-state index contributed by atoms with van der Waals surface area (Å²) in [5.74, 6) is 0.342. The molecule has 1 spiro atoms. The summed E-state index contributed by atoms with van der Waals surface area (Å²) in [5.41, 5.74) is 0.611. The van der Waals surface area contributed by atoms with E-state index in [2.05, 4.69) is 24.2 Å². The number of likely N-dealkylation sites (N-methyl/N-ethyl adjacent to an activating group) is 1. The number of urea groups is 1. The second-order valence-corrected chi connectivity index (χ2v) is 5.88. The number of rotatable bonds is 2. The van der Waals surface area contributed by atoms with Crippen molar-refractivity contribution in [2.24, 2.45) is 0 Å². The average Bonchev–Trinajstić information content (AvgIpc) is 2.84. The van der Waals surface area contributed by atoms with Crippen LogP contribution in [0, 0.1) is 5.41 Å². The van der Waals surface area contributed by atoms with E-state index in [1.165, 1.54) is 0 Å². The van der Waals surface area contributed by atoms with Crippen molar-refractivity contribution >= 4 is 11.9 Å². The molecule has 2 fully saturated rings. The molecule has 2 aliphatic rings. The Morgan fingerprint density at radius 2 is 2.10 bits per heavy atom. The second-order valence-electron chi connectivity index (χ2n) is 5.88. The predicted octanol–water partition coefficient (Wildman–Crippen LogP) is 1.65. The van der Waals surface area contributed by atoms with Crippen LogP contribution < -0.4 is 5.32 Å². The van der Waals surface area contributed by atoms with Crippen molar-refractivity contribution in [3.05, 3.63) is 35.9 Å². The van der Waals surface area contributed by atoms with E-state index in [-0.39, 0.29) is 6.03 Å². The lowest BCUT2D eigenvalue weighted by molar-refractivity contribution is 0.170. The van der Waals surface area contributed by atoms with Gasteiger partial charge in [-0.3, -0.25) is 10.7 Å². The molecule has 2 amide bonds. The van der Waals surface area contributed by atoms with Gasteiger partial charge < -0.3 is 9.80 Å². The minimum Gasteiger partial charge on any atom is -0.306 e. The lowest BCUT2D eigenvalue weighted by atomic mass is 9.93. The summed E-state index contributed by atoms with van der Waals surface area (Å²) in [5, 5.41) is 10.9. The van der Waals surface area contributed by atoms with Crippen LogP contribution in [0.25, 0.3) is 0 Å². The number of likely N-dealkylation sites (tertiary alicyclic amines) is 1. The number of amidine groups is 1. The first-order valence-corrected chi connectivity index (χ1v) is 6.95. The first kappa shape index (κ1) is 13.1. The molecule has 3 rings (SSSR count). The zero-order valence-electron chi connectivity index (χ0n) is 11.9. The fourth-order valence-electron chi connectivity index (χ4n) is 3.26. The highest BCUT2D eigenvalue weighted by atomic mass is 16.2. The number of carbonyl (C=O) groups is 1. The molecule has 1 aromatic carbocycles. The Balaban J connectivity index is 1.91. The molecule has 2 saturated heterocycles. The molecule has 5 nitrogen and oxygen atoms in total. The summed E-state index contributed by atoms with van der Waals surface area (Å²) in [4.78, 5) is 16.3. The molecular weight excluding hydrogens is 252 g/mol. The molecule has 20 heavy (non-hydrogen) atoms. The molecule has 0 saturated carbocycles. The molecular formula is C15H20N4O. The van der Waals surface area contributed by atoms with Crippen molar-refractivity contribution in [2.75, 3.05) is 13.6 Å². The predicted molar refractivity (Wildman–Crippen MR) is 77.7 cm³/mol. The van der Waals surface area contributed by atoms with Gasteiger partial charge in [0.2, 0.25) is 0 Å². The lowest BCUT2D eigenvalue weighted by Gasteiger charge is -2.32. The van der Waals surface area contributed by atoms with E-state index in [0.717, 1.165) is 18.5 Å². The maximum absolute atomic E-state index is 12.2. The number of nitrogens with zero attached hydrogens (tertiary/aromatic N) is 2. The molecule has 2 aliphatic heterocycles. The Morgan fingerprint density at radius 3 is 2.70 bits per heavy atom. The minimum atomic E-state index is -0.485. The van der Waals surface area contributed by atoms with Crippen LogP contribution in [0.5, 0.6) is 0 Å².